The lowest BCUT2D eigenvalue weighted by Gasteiger charge is -2.17. The summed E-state index contributed by atoms with van der Waals surface area (Å²) in [6, 6.07) is 5.14. The smallest absolute Gasteiger partial charge is 0.263 e. The summed E-state index contributed by atoms with van der Waals surface area (Å²) < 4.78 is 52.8. The van der Waals surface area contributed by atoms with E-state index in [1.165, 1.54) is 35.6 Å². The minimum Gasteiger partial charge on any atom is -0.273 e. The molecule has 1 aliphatic heterocycles. The summed E-state index contributed by atoms with van der Waals surface area (Å²) in [5.41, 5.74) is -0.162. The van der Waals surface area contributed by atoms with Crippen LogP contribution in [0.4, 0.5) is 10.8 Å². The number of hydrogen-bond donors (Lipinski definition) is 1. The molecule has 1 amide bonds. The monoisotopic (exact) mass is 429 g/mol. The maximum Gasteiger partial charge on any atom is 0.263 e. The van der Waals surface area contributed by atoms with Gasteiger partial charge >= 0.3 is 0 Å². The van der Waals surface area contributed by atoms with Gasteiger partial charge in [-0.05, 0) is 52.0 Å². The highest BCUT2D eigenvalue weighted by atomic mass is 32.2. The SMILES string of the molecule is Cc1nc(NS(=O)(=O)c2ccc(N3C(=O)C(C)(C)CS3(=O)=O)cc2)sc1C. The molecule has 3 rings (SSSR count). The van der Waals surface area contributed by atoms with Gasteiger partial charge in [-0.25, -0.2) is 26.1 Å². The minimum atomic E-state index is -3.88. The standard InChI is InChI=1S/C16H19N3O5S3/c1-10-11(2)25-15(17-10)18-27(23,24)13-7-5-12(6-8-13)19-14(20)16(3,4)9-26(19,21)22/h5-8H,9H2,1-4H3,(H,17,18). The Morgan fingerprint density at radius 3 is 2.22 bits per heavy atom. The van der Waals surface area contributed by atoms with Crippen LogP contribution in [0.3, 0.4) is 0 Å². The molecule has 0 spiro atoms. The zero-order valence-corrected chi connectivity index (χ0v) is 17.6. The lowest BCUT2D eigenvalue weighted by atomic mass is 9.95. The molecule has 0 atom stereocenters. The average molecular weight is 430 g/mol. The number of carbonyl (C=O) groups is 1. The fourth-order valence-corrected chi connectivity index (χ4v) is 6.87. The van der Waals surface area contributed by atoms with E-state index in [4.69, 9.17) is 0 Å². The number of rotatable bonds is 4. The van der Waals surface area contributed by atoms with E-state index in [0.717, 1.165) is 14.9 Å². The predicted molar refractivity (Wildman–Crippen MR) is 104 cm³/mol. The van der Waals surface area contributed by atoms with E-state index in [1.807, 2.05) is 6.92 Å². The third-order valence-electron chi connectivity index (χ3n) is 4.22. The number of benzene rings is 1. The molecule has 0 unspecified atom stereocenters. The van der Waals surface area contributed by atoms with Crippen LogP contribution in [-0.2, 0) is 24.8 Å². The first-order valence-corrected chi connectivity index (χ1v) is 11.9. The predicted octanol–water partition coefficient (Wildman–Crippen LogP) is 2.26. The van der Waals surface area contributed by atoms with Crippen molar-refractivity contribution >= 4 is 48.1 Å². The van der Waals surface area contributed by atoms with Crippen LogP contribution < -0.4 is 9.03 Å². The van der Waals surface area contributed by atoms with Crippen molar-refractivity contribution in [2.75, 3.05) is 14.8 Å². The van der Waals surface area contributed by atoms with Gasteiger partial charge < -0.3 is 0 Å². The largest absolute Gasteiger partial charge is 0.273 e. The Morgan fingerprint density at radius 1 is 1.19 bits per heavy atom. The van der Waals surface area contributed by atoms with Crippen molar-refractivity contribution in [2.24, 2.45) is 5.41 Å². The Hall–Kier alpha value is -1.98. The summed E-state index contributed by atoms with van der Waals surface area (Å²) in [6.07, 6.45) is 0. The first-order chi connectivity index (χ1) is 12.3. The molecule has 0 aliphatic carbocycles. The molecule has 0 saturated carbocycles. The fourth-order valence-electron chi connectivity index (χ4n) is 2.71. The van der Waals surface area contributed by atoms with Gasteiger partial charge in [0, 0.05) is 4.88 Å². The van der Waals surface area contributed by atoms with Gasteiger partial charge in [-0.1, -0.05) is 0 Å². The van der Waals surface area contributed by atoms with Crippen LogP contribution in [-0.4, -0.2) is 33.5 Å². The Morgan fingerprint density at radius 2 is 1.78 bits per heavy atom. The molecular formula is C16H19N3O5S3. The third-order valence-corrected chi connectivity index (χ3v) is 8.71. The molecule has 1 aromatic heterocycles. The lowest BCUT2D eigenvalue weighted by molar-refractivity contribution is -0.123. The van der Waals surface area contributed by atoms with E-state index >= 15 is 0 Å². The highest BCUT2D eigenvalue weighted by molar-refractivity contribution is 7.94. The van der Waals surface area contributed by atoms with E-state index in [9.17, 15) is 21.6 Å². The van der Waals surface area contributed by atoms with Crippen LogP contribution in [0.5, 0.6) is 0 Å². The maximum absolute atomic E-state index is 12.5. The van der Waals surface area contributed by atoms with Crippen molar-refractivity contribution in [1.82, 2.24) is 4.98 Å². The Kier molecular flexibility index (Phi) is 4.60. The number of sulfonamides is 2. The third kappa shape index (κ3) is 3.58. The zero-order valence-electron chi connectivity index (χ0n) is 15.2. The molecule has 11 heteroatoms. The number of aromatic nitrogens is 1. The van der Waals surface area contributed by atoms with E-state index < -0.39 is 31.4 Å². The van der Waals surface area contributed by atoms with Crippen LogP contribution in [0.15, 0.2) is 29.2 Å². The molecule has 1 N–H and O–H groups in total. The second-order valence-corrected chi connectivity index (χ2v) is 11.7. The lowest BCUT2D eigenvalue weighted by Crippen LogP contribution is -2.32. The second kappa shape index (κ2) is 6.28. The van der Waals surface area contributed by atoms with Gasteiger partial charge in [-0.2, -0.15) is 0 Å². The number of thiazole rings is 1. The quantitative estimate of drug-likeness (QED) is 0.797. The summed E-state index contributed by atoms with van der Waals surface area (Å²) in [7, 11) is -7.66. The van der Waals surface area contributed by atoms with Gasteiger partial charge in [0.15, 0.2) is 5.13 Å². The molecule has 1 aromatic carbocycles. The molecule has 1 fully saturated rings. The van der Waals surface area contributed by atoms with Crippen molar-refractivity contribution in [3.8, 4) is 0 Å². The van der Waals surface area contributed by atoms with Crippen LogP contribution in [0.25, 0.3) is 0 Å². The molecule has 0 radical (unpaired) electrons. The Labute approximate surface area is 162 Å². The highest BCUT2D eigenvalue weighted by Gasteiger charge is 2.49. The molecule has 1 aliphatic rings. The van der Waals surface area contributed by atoms with Gasteiger partial charge in [0.05, 0.1) is 27.4 Å². The van der Waals surface area contributed by atoms with Crippen LogP contribution in [0.1, 0.15) is 24.4 Å². The van der Waals surface area contributed by atoms with Gasteiger partial charge in [0.2, 0.25) is 15.9 Å². The first kappa shape index (κ1) is 19.8. The van der Waals surface area contributed by atoms with Gasteiger partial charge in [-0.3, -0.25) is 9.52 Å². The van der Waals surface area contributed by atoms with Crippen molar-refractivity contribution in [1.29, 1.82) is 0 Å². The number of aryl methyl sites for hydroxylation is 2. The van der Waals surface area contributed by atoms with Gasteiger partial charge in [0.25, 0.3) is 10.0 Å². The summed E-state index contributed by atoms with van der Waals surface area (Å²) in [6.45, 7) is 6.75. The Bertz CT molecular complexity index is 1100. The number of carbonyl (C=O) groups excluding carboxylic acids is 1. The maximum atomic E-state index is 12.5. The zero-order chi connectivity index (χ0) is 20.2. The molecule has 8 nitrogen and oxygen atoms in total. The van der Waals surface area contributed by atoms with Gasteiger partial charge in [0.1, 0.15) is 0 Å². The number of amides is 1. The van der Waals surface area contributed by atoms with Crippen molar-refractivity contribution in [2.45, 2.75) is 32.6 Å². The summed E-state index contributed by atoms with van der Waals surface area (Å²) >= 11 is 1.23. The summed E-state index contributed by atoms with van der Waals surface area (Å²) in [5, 5.41) is 0.258. The number of anilines is 2. The van der Waals surface area contributed by atoms with Crippen molar-refractivity contribution < 1.29 is 21.6 Å². The van der Waals surface area contributed by atoms with E-state index in [1.54, 1.807) is 20.8 Å². The summed E-state index contributed by atoms with van der Waals surface area (Å²) in [5.74, 6) is -0.826. The van der Waals surface area contributed by atoms with E-state index in [0.29, 0.717) is 0 Å². The van der Waals surface area contributed by atoms with Gasteiger partial charge in [-0.15, -0.1) is 11.3 Å². The first-order valence-electron chi connectivity index (χ1n) is 7.98. The highest BCUT2D eigenvalue weighted by Crippen LogP contribution is 2.36. The normalized spacial score (nSPS) is 18.7. The van der Waals surface area contributed by atoms with Crippen LogP contribution >= 0.6 is 11.3 Å². The molecular weight excluding hydrogens is 410 g/mol. The number of nitrogens with one attached hydrogen (secondary N) is 1. The number of nitrogens with zero attached hydrogens (tertiary/aromatic N) is 2. The van der Waals surface area contributed by atoms with Crippen molar-refractivity contribution in [3.63, 3.8) is 0 Å². The van der Waals surface area contributed by atoms with E-state index in [2.05, 4.69) is 9.71 Å². The number of hydrogen-bond acceptors (Lipinski definition) is 7. The molecule has 2 aromatic rings. The molecule has 2 heterocycles. The Balaban J connectivity index is 1.90. The van der Waals surface area contributed by atoms with Crippen LogP contribution in [0, 0.1) is 19.3 Å². The molecule has 0 bridgehead atoms. The second-order valence-electron chi connectivity index (χ2n) is 6.97. The minimum absolute atomic E-state index is 0.0555. The molecule has 1 saturated heterocycles. The van der Waals surface area contributed by atoms with Crippen molar-refractivity contribution in [3.05, 3.63) is 34.8 Å². The average Bonchev–Trinajstić information content (AvgIpc) is 2.91. The van der Waals surface area contributed by atoms with Crippen LogP contribution in [0.2, 0.25) is 0 Å². The summed E-state index contributed by atoms with van der Waals surface area (Å²) in [4.78, 5) is 17.4. The van der Waals surface area contributed by atoms with E-state index in [-0.39, 0.29) is 21.5 Å². The molecule has 146 valence electrons. The molecule has 27 heavy (non-hydrogen) atoms. The fraction of sp³-hybridized carbons (Fsp3) is 0.375. The topological polar surface area (TPSA) is 114 Å².